The van der Waals surface area contributed by atoms with Crippen molar-refractivity contribution in [2.75, 3.05) is 11.1 Å². The van der Waals surface area contributed by atoms with Crippen LogP contribution in [0.5, 0.6) is 0 Å². The van der Waals surface area contributed by atoms with Crippen LogP contribution in [0.4, 0.5) is 11.4 Å². The number of rotatable bonds is 2. The minimum absolute atomic E-state index is 0.000428. The third-order valence-electron chi connectivity index (χ3n) is 3.44. The normalized spacial score (nSPS) is 16.4. The molecule has 96 valence electrons. The Morgan fingerprint density at radius 2 is 2.05 bits per heavy atom. The molecule has 1 amide bonds. The van der Waals surface area contributed by atoms with Gasteiger partial charge in [0.2, 0.25) is 5.91 Å². The smallest absolute Gasteiger partial charge is 0.232 e. The summed E-state index contributed by atoms with van der Waals surface area (Å²) in [5.41, 5.74) is 9.18. The molecule has 0 fully saturated rings. The highest BCUT2D eigenvalue weighted by atomic mass is 35.5. The van der Waals surface area contributed by atoms with Gasteiger partial charge in [0, 0.05) is 5.69 Å². The minimum atomic E-state index is -0.0625. The van der Waals surface area contributed by atoms with Crippen molar-refractivity contribution in [3.8, 4) is 0 Å². The highest BCUT2D eigenvalue weighted by Gasteiger charge is 2.31. The van der Waals surface area contributed by atoms with E-state index in [9.17, 15) is 4.79 Å². The van der Waals surface area contributed by atoms with Gasteiger partial charge in [-0.1, -0.05) is 35.9 Å². The second-order valence-corrected chi connectivity index (χ2v) is 5.09. The molecule has 3 N–H and O–H groups in total. The van der Waals surface area contributed by atoms with Crippen LogP contribution in [0.1, 0.15) is 17.0 Å². The maximum absolute atomic E-state index is 12.2. The summed E-state index contributed by atoms with van der Waals surface area (Å²) in [7, 11) is 0. The predicted molar refractivity (Wildman–Crippen MR) is 77.4 cm³/mol. The first-order valence-corrected chi connectivity index (χ1v) is 6.46. The van der Waals surface area contributed by atoms with Crippen molar-refractivity contribution in [2.24, 2.45) is 0 Å². The molecule has 0 bridgehead atoms. The van der Waals surface area contributed by atoms with Crippen LogP contribution in [0.3, 0.4) is 0 Å². The van der Waals surface area contributed by atoms with Gasteiger partial charge in [-0.25, -0.2) is 0 Å². The van der Waals surface area contributed by atoms with E-state index < -0.39 is 0 Å². The van der Waals surface area contributed by atoms with E-state index in [1.54, 1.807) is 18.2 Å². The van der Waals surface area contributed by atoms with Gasteiger partial charge in [0.1, 0.15) is 0 Å². The number of nitrogens with one attached hydrogen (secondary N) is 1. The van der Waals surface area contributed by atoms with Crippen LogP contribution in [0.15, 0.2) is 42.5 Å². The van der Waals surface area contributed by atoms with Crippen molar-refractivity contribution in [1.82, 2.24) is 0 Å². The van der Waals surface area contributed by atoms with Crippen molar-refractivity contribution < 1.29 is 4.79 Å². The maximum Gasteiger partial charge on any atom is 0.232 e. The van der Waals surface area contributed by atoms with Crippen LogP contribution >= 0.6 is 11.6 Å². The first-order chi connectivity index (χ1) is 9.15. The number of nitrogens with two attached hydrogens (primary N) is 1. The van der Waals surface area contributed by atoms with E-state index in [0.29, 0.717) is 16.4 Å². The lowest BCUT2D eigenvalue weighted by molar-refractivity contribution is -0.118. The first kappa shape index (κ1) is 12.1. The molecule has 0 saturated heterocycles. The Labute approximate surface area is 116 Å². The van der Waals surface area contributed by atoms with Gasteiger partial charge in [0.15, 0.2) is 0 Å². The second kappa shape index (κ2) is 4.59. The lowest BCUT2D eigenvalue weighted by atomic mass is 9.77. The van der Waals surface area contributed by atoms with Gasteiger partial charge in [-0.05, 0) is 35.7 Å². The van der Waals surface area contributed by atoms with E-state index in [1.165, 1.54) is 5.56 Å². The van der Waals surface area contributed by atoms with E-state index in [2.05, 4.69) is 11.4 Å². The summed E-state index contributed by atoms with van der Waals surface area (Å²) in [4.78, 5) is 12.2. The number of amides is 1. The molecule has 1 atom stereocenters. The number of anilines is 2. The average molecular weight is 273 g/mol. The van der Waals surface area contributed by atoms with Gasteiger partial charge < -0.3 is 11.1 Å². The number of hydrogen-bond donors (Lipinski definition) is 2. The highest BCUT2D eigenvalue weighted by Crippen LogP contribution is 2.35. The van der Waals surface area contributed by atoms with Gasteiger partial charge in [0.05, 0.1) is 16.6 Å². The van der Waals surface area contributed by atoms with Crippen LogP contribution in [-0.2, 0) is 11.2 Å². The molecule has 0 spiro atoms. The molecule has 0 aromatic heterocycles. The molecule has 0 radical (unpaired) electrons. The molecule has 19 heavy (non-hydrogen) atoms. The van der Waals surface area contributed by atoms with Crippen LogP contribution in [-0.4, -0.2) is 5.91 Å². The van der Waals surface area contributed by atoms with Gasteiger partial charge >= 0.3 is 0 Å². The quantitative estimate of drug-likeness (QED) is 0.825. The first-order valence-electron chi connectivity index (χ1n) is 6.09. The summed E-state index contributed by atoms with van der Waals surface area (Å²) in [5.74, 6) is -0.0629. The SMILES string of the molecule is Nc1ccc(NC(=O)C2Cc3ccccc32)cc1Cl. The Bertz CT molecular complexity index is 654. The molecule has 1 aliphatic carbocycles. The molecular formula is C15H13ClN2O. The molecule has 0 heterocycles. The van der Waals surface area contributed by atoms with Crippen LogP contribution in [0.2, 0.25) is 5.02 Å². The van der Waals surface area contributed by atoms with E-state index in [4.69, 9.17) is 17.3 Å². The molecular weight excluding hydrogens is 260 g/mol. The van der Waals surface area contributed by atoms with E-state index in [0.717, 1.165) is 12.0 Å². The minimum Gasteiger partial charge on any atom is -0.398 e. The van der Waals surface area contributed by atoms with Gasteiger partial charge in [0.25, 0.3) is 0 Å². The third-order valence-corrected chi connectivity index (χ3v) is 3.77. The average Bonchev–Trinajstić information content (AvgIpc) is 2.35. The summed E-state index contributed by atoms with van der Waals surface area (Å²) in [6.45, 7) is 0. The van der Waals surface area contributed by atoms with Gasteiger partial charge in [-0.15, -0.1) is 0 Å². The predicted octanol–water partition coefficient (Wildman–Crippen LogP) is 3.20. The number of nitrogen functional groups attached to an aromatic ring is 1. The topological polar surface area (TPSA) is 55.1 Å². The van der Waals surface area contributed by atoms with E-state index in [1.807, 2.05) is 18.2 Å². The Balaban J connectivity index is 1.75. The number of fused-ring (bicyclic) bond motifs is 1. The number of hydrogen-bond acceptors (Lipinski definition) is 2. The zero-order valence-electron chi connectivity index (χ0n) is 10.2. The molecule has 4 heteroatoms. The molecule has 0 aliphatic heterocycles. The fraction of sp³-hybridized carbons (Fsp3) is 0.133. The Hall–Kier alpha value is -2.00. The number of carbonyl (C=O) groups is 1. The molecule has 3 rings (SSSR count). The third kappa shape index (κ3) is 2.17. The lowest BCUT2D eigenvalue weighted by Crippen LogP contribution is -2.30. The number of halogens is 1. The molecule has 2 aromatic carbocycles. The van der Waals surface area contributed by atoms with E-state index in [-0.39, 0.29) is 11.8 Å². The van der Waals surface area contributed by atoms with Crippen LogP contribution in [0, 0.1) is 0 Å². The highest BCUT2D eigenvalue weighted by molar-refractivity contribution is 6.33. The molecule has 0 saturated carbocycles. The summed E-state index contributed by atoms with van der Waals surface area (Å²) < 4.78 is 0. The molecule has 1 unspecified atom stereocenters. The zero-order chi connectivity index (χ0) is 13.4. The number of benzene rings is 2. The Morgan fingerprint density at radius 1 is 1.26 bits per heavy atom. The van der Waals surface area contributed by atoms with Crippen LogP contribution < -0.4 is 11.1 Å². The summed E-state index contributed by atoms with van der Waals surface area (Å²) in [6.07, 6.45) is 0.796. The maximum atomic E-state index is 12.2. The summed E-state index contributed by atoms with van der Waals surface area (Å²) in [5, 5.41) is 3.32. The summed E-state index contributed by atoms with van der Waals surface area (Å²) in [6, 6.07) is 13.1. The fourth-order valence-corrected chi connectivity index (χ4v) is 2.51. The second-order valence-electron chi connectivity index (χ2n) is 4.68. The van der Waals surface area contributed by atoms with Crippen LogP contribution in [0.25, 0.3) is 0 Å². The van der Waals surface area contributed by atoms with Crippen molar-refractivity contribution in [2.45, 2.75) is 12.3 Å². The molecule has 1 aliphatic rings. The van der Waals surface area contributed by atoms with Crippen molar-refractivity contribution in [3.05, 3.63) is 58.6 Å². The lowest BCUT2D eigenvalue weighted by Gasteiger charge is -2.28. The van der Waals surface area contributed by atoms with Crippen molar-refractivity contribution in [3.63, 3.8) is 0 Å². The standard InChI is InChI=1S/C15H13ClN2O/c16-13-8-10(5-6-14(13)17)18-15(19)12-7-9-3-1-2-4-11(9)12/h1-6,8,12H,7,17H2,(H,18,19). The Morgan fingerprint density at radius 3 is 2.79 bits per heavy atom. The van der Waals surface area contributed by atoms with E-state index >= 15 is 0 Å². The molecule has 3 nitrogen and oxygen atoms in total. The molecule has 2 aromatic rings. The van der Waals surface area contributed by atoms with Gasteiger partial charge in [-0.3, -0.25) is 4.79 Å². The fourth-order valence-electron chi connectivity index (χ4n) is 2.33. The van der Waals surface area contributed by atoms with Gasteiger partial charge in [-0.2, -0.15) is 0 Å². The largest absolute Gasteiger partial charge is 0.398 e. The monoisotopic (exact) mass is 272 g/mol. The van der Waals surface area contributed by atoms with Crippen molar-refractivity contribution in [1.29, 1.82) is 0 Å². The Kier molecular flexibility index (Phi) is 2.91. The van der Waals surface area contributed by atoms with Crippen molar-refractivity contribution >= 4 is 28.9 Å². The number of carbonyl (C=O) groups excluding carboxylic acids is 1. The zero-order valence-corrected chi connectivity index (χ0v) is 10.9. The summed E-state index contributed by atoms with van der Waals surface area (Å²) >= 11 is 5.93.